The summed E-state index contributed by atoms with van der Waals surface area (Å²) in [5, 5.41) is 10.6. The maximum Gasteiger partial charge on any atom is 0.142 e. The van der Waals surface area contributed by atoms with Crippen molar-refractivity contribution in [1.29, 1.82) is 5.26 Å². The number of nitrogens with two attached hydrogens (primary N) is 1. The molecule has 0 aliphatic carbocycles. The van der Waals surface area contributed by atoms with E-state index in [1.54, 1.807) is 25.3 Å². The van der Waals surface area contributed by atoms with Crippen LogP contribution in [0.2, 0.25) is 10.0 Å². The van der Waals surface area contributed by atoms with Gasteiger partial charge >= 0.3 is 0 Å². The average molecular weight is 384 g/mol. The molecule has 2 aromatic carbocycles. The number of aromatic nitrogens is 1. The van der Waals surface area contributed by atoms with Gasteiger partial charge in [0, 0.05) is 38.0 Å². The predicted octanol–water partition coefficient (Wildman–Crippen LogP) is 5.49. The minimum Gasteiger partial charge on any atom is -0.496 e. The average Bonchev–Trinajstić information content (AvgIpc) is 2.61. The van der Waals surface area contributed by atoms with Gasteiger partial charge in [0.2, 0.25) is 0 Å². The van der Waals surface area contributed by atoms with Crippen molar-refractivity contribution in [3.63, 3.8) is 0 Å². The molecule has 0 atom stereocenters. The lowest BCUT2D eigenvalue weighted by molar-refractivity contribution is 0.416. The maximum atomic E-state index is 9.74. The van der Waals surface area contributed by atoms with Crippen molar-refractivity contribution >= 4 is 29.0 Å². The van der Waals surface area contributed by atoms with Crippen LogP contribution in [0.1, 0.15) is 11.3 Å². The Morgan fingerprint density at radius 3 is 2.27 bits per heavy atom. The van der Waals surface area contributed by atoms with Crippen molar-refractivity contribution < 1.29 is 4.74 Å². The number of pyridine rings is 1. The molecule has 3 rings (SSSR count). The van der Waals surface area contributed by atoms with Gasteiger partial charge in [-0.15, -0.1) is 0 Å². The molecule has 130 valence electrons. The molecule has 4 nitrogen and oxygen atoms in total. The van der Waals surface area contributed by atoms with Crippen LogP contribution >= 0.6 is 23.2 Å². The summed E-state index contributed by atoms with van der Waals surface area (Å²) >= 11 is 12.9. The molecule has 0 unspecified atom stereocenters. The maximum absolute atomic E-state index is 9.74. The van der Waals surface area contributed by atoms with Gasteiger partial charge in [0.05, 0.1) is 7.11 Å². The Hall–Kier alpha value is -2.74. The second-order valence-corrected chi connectivity index (χ2v) is 6.43. The van der Waals surface area contributed by atoms with Crippen LogP contribution in [-0.2, 0) is 0 Å². The van der Waals surface area contributed by atoms with Crippen molar-refractivity contribution in [1.82, 2.24) is 4.98 Å². The summed E-state index contributed by atoms with van der Waals surface area (Å²) < 4.78 is 5.50. The van der Waals surface area contributed by atoms with Crippen molar-refractivity contribution in [3.05, 3.63) is 63.8 Å². The zero-order valence-corrected chi connectivity index (χ0v) is 15.7. The van der Waals surface area contributed by atoms with E-state index in [2.05, 4.69) is 11.1 Å². The van der Waals surface area contributed by atoms with Crippen LogP contribution in [0.15, 0.2) is 42.5 Å². The summed E-state index contributed by atoms with van der Waals surface area (Å²) in [5.41, 5.74) is 9.51. The first-order valence-electron chi connectivity index (χ1n) is 7.77. The minimum atomic E-state index is 0.134. The third-order valence-corrected chi connectivity index (χ3v) is 4.74. The Morgan fingerprint density at radius 1 is 1.00 bits per heavy atom. The van der Waals surface area contributed by atoms with Gasteiger partial charge in [0.1, 0.15) is 23.2 Å². The molecule has 0 aliphatic heterocycles. The fourth-order valence-corrected chi connectivity index (χ4v) is 3.59. The fourth-order valence-electron chi connectivity index (χ4n) is 3.01. The molecule has 0 amide bonds. The molecule has 0 fully saturated rings. The molecule has 1 heterocycles. The van der Waals surface area contributed by atoms with E-state index in [4.69, 9.17) is 33.7 Å². The zero-order chi connectivity index (χ0) is 18.8. The lowest BCUT2D eigenvalue weighted by Gasteiger charge is -2.19. The monoisotopic (exact) mass is 383 g/mol. The number of nitriles is 1. The van der Waals surface area contributed by atoms with E-state index in [0.717, 1.165) is 5.56 Å². The van der Waals surface area contributed by atoms with Gasteiger partial charge in [-0.2, -0.15) is 5.26 Å². The molecular weight excluding hydrogens is 369 g/mol. The number of benzene rings is 2. The van der Waals surface area contributed by atoms with Gasteiger partial charge in [-0.05, 0) is 25.1 Å². The predicted molar refractivity (Wildman–Crippen MR) is 106 cm³/mol. The first-order chi connectivity index (χ1) is 12.5. The van der Waals surface area contributed by atoms with Crippen molar-refractivity contribution in [2.24, 2.45) is 0 Å². The number of methoxy groups -OCH3 is 1. The largest absolute Gasteiger partial charge is 0.496 e. The molecule has 2 N–H and O–H groups in total. The minimum absolute atomic E-state index is 0.134. The summed E-state index contributed by atoms with van der Waals surface area (Å²) in [6.07, 6.45) is 0. The molecular formula is C20H15Cl2N3O. The number of rotatable bonds is 3. The Kier molecular flexibility index (Phi) is 5.03. The third kappa shape index (κ3) is 2.96. The number of aryl methyl sites for hydroxylation is 1. The van der Waals surface area contributed by atoms with E-state index in [1.807, 2.05) is 31.2 Å². The Balaban J connectivity index is 2.53. The number of nitrogens with zero attached hydrogens (tertiary/aromatic N) is 2. The number of hydrogen-bond acceptors (Lipinski definition) is 4. The molecule has 0 saturated carbocycles. The highest BCUT2D eigenvalue weighted by atomic mass is 35.5. The molecule has 0 aliphatic rings. The summed E-state index contributed by atoms with van der Waals surface area (Å²) in [6, 6.07) is 14.8. The SMILES string of the molecule is COc1ccccc1-c1c(C)nc(N)c(C#N)c1-c1c(Cl)cccc1Cl. The number of anilines is 1. The number of hydrogen-bond donors (Lipinski definition) is 1. The van der Waals surface area contributed by atoms with Crippen molar-refractivity contribution in [3.8, 4) is 34.1 Å². The van der Waals surface area contributed by atoms with Gasteiger partial charge in [-0.3, -0.25) is 0 Å². The molecule has 3 aromatic rings. The summed E-state index contributed by atoms with van der Waals surface area (Å²) in [4.78, 5) is 4.36. The van der Waals surface area contributed by atoms with E-state index >= 15 is 0 Å². The molecule has 0 saturated heterocycles. The van der Waals surface area contributed by atoms with Crippen LogP contribution in [0, 0.1) is 18.3 Å². The summed E-state index contributed by atoms with van der Waals surface area (Å²) in [7, 11) is 1.59. The lowest BCUT2D eigenvalue weighted by Crippen LogP contribution is -2.04. The van der Waals surface area contributed by atoms with Crippen LogP contribution in [0.5, 0.6) is 5.75 Å². The molecule has 1 aromatic heterocycles. The van der Waals surface area contributed by atoms with E-state index in [0.29, 0.717) is 38.2 Å². The van der Waals surface area contributed by atoms with E-state index in [9.17, 15) is 5.26 Å². The Morgan fingerprint density at radius 2 is 1.65 bits per heavy atom. The molecule has 0 spiro atoms. The normalized spacial score (nSPS) is 10.4. The van der Waals surface area contributed by atoms with Crippen LogP contribution < -0.4 is 10.5 Å². The second kappa shape index (κ2) is 7.25. The van der Waals surface area contributed by atoms with E-state index in [1.165, 1.54) is 0 Å². The summed E-state index contributed by atoms with van der Waals surface area (Å²) in [5.74, 6) is 0.783. The summed E-state index contributed by atoms with van der Waals surface area (Å²) in [6.45, 7) is 1.83. The van der Waals surface area contributed by atoms with Crippen LogP contribution in [0.25, 0.3) is 22.3 Å². The number of para-hydroxylation sites is 1. The van der Waals surface area contributed by atoms with Crippen molar-refractivity contribution in [2.45, 2.75) is 6.92 Å². The van der Waals surface area contributed by atoms with E-state index in [-0.39, 0.29) is 11.4 Å². The van der Waals surface area contributed by atoms with Crippen LogP contribution in [0.4, 0.5) is 5.82 Å². The lowest BCUT2D eigenvalue weighted by atomic mass is 9.89. The smallest absolute Gasteiger partial charge is 0.142 e. The van der Waals surface area contributed by atoms with Crippen molar-refractivity contribution in [2.75, 3.05) is 12.8 Å². The Labute approximate surface area is 161 Å². The van der Waals surface area contributed by atoms with Gasteiger partial charge in [-0.25, -0.2) is 4.98 Å². The van der Waals surface area contributed by atoms with Crippen LogP contribution in [0.3, 0.4) is 0 Å². The van der Waals surface area contributed by atoms with Gasteiger partial charge in [0.25, 0.3) is 0 Å². The number of ether oxygens (including phenoxy) is 1. The topological polar surface area (TPSA) is 71.9 Å². The fraction of sp³-hybridized carbons (Fsp3) is 0.100. The first-order valence-corrected chi connectivity index (χ1v) is 8.53. The second-order valence-electron chi connectivity index (χ2n) is 5.62. The third-order valence-electron chi connectivity index (χ3n) is 4.11. The van der Waals surface area contributed by atoms with Gasteiger partial charge < -0.3 is 10.5 Å². The van der Waals surface area contributed by atoms with E-state index < -0.39 is 0 Å². The quantitative estimate of drug-likeness (QED) is 0.648. The highest BCUT2D eigenvalue weighted by Gasteiger charge is 2.24. The first kappa shape index (κ1) is 18.1. The molecule has 26 heavy (non-hydrogen) atoms. The highest BCUT2D eigenvalue weighted by molar-refractivity contribution is 6.39. The van der Waals surface area contributed by atoms with Crippen LogP contribution in [-0.4, -0.2) is 12.1 Å². The molecule has 0 radical (unpaired) electrons. The molecule has 0 bridgehead atoms. The number of nitrogen functional groups attached to an aromatic ring is 1. The standard InChI is InChI=1S/C20H15Cl2N3O/c1-11-17(12-6-3-4-9-16(12)26-2)18(13(10-23)20(24)25-11)19-14(21)7-5-8-15(19)22/h3-9H,1-2H3,(H2,24,25). The van der Waals surface area contributed by atoms with Gasteiger partial charge in [-0.1, -0.05) is 47.5 Å². The molecule has 6 heteroatoms. The number of halogens is 2. The highest BCUT2D eigenvalue weighted by Crippen LogP contribution is 2.46. The van der Waals surface area contributed by atoms with Gasteiger partial charge in [0.15, 0.2) is 0 Å². The Bertz CT molecular complexity index is 1020. The zero-order valence-electron chi connectivity index (χ0n) is 14.2.